The summed E-state index contributed by atoms with van der Waals surface area (Å²) >= 11 is 0. The van der Waals surface area contributed by atoms with Gasteiger partial charge in [-0.2, -0.15) is 0 Å². The lowest BCUT2D eigenvalue weighted by atomic mass is 10.0. The summed E-state index contributed by atoms with van der Waals surface area (Å²) in [6, 6.07) is 17.6. The zero-order valence-electron chi connectivity index (χ0n) is 22.7. The van der Waals surface area contributed by atoms with Crippen LogP contribution in [0.15, 0.2) is 54.6 Å². The number of nitrogens with one attached hydrogen (secondary N) is 1. The second-order valence-electron chi connectivity index (χ2n) is 10.3. The van der Waals surface area contributed by atoms with Gasteiger partial charge in [0.15, 0.2) is 0 Å². The normalized spacial score (nSPS) is 12.2. The van der Waals surface area contributed by atoms with Crippen LogP contribution in [0.2, 0.25) is 0 Å². The molecule has 1 unspecified atom stereocenters. The molecule has 0 aliphatic carbocycles. The van der Waals surface area contributed by atoms with Crippen molar-refractivity contribution in [2.75, 3.05) is 0 Å². The Labute approximate surface area is 218 Å². The van der Waals surface area contributed by atoms with E-state index in [2.05, 4.69) is 35.0 Å². The van der Waals surface area contributed by atoms with Gasteiger partial charge in [-0.15, -0.1) is 0 Å². The van der Waals surface area contributed by atoms with E-state index >= 15 is 0 Å². The van der Waals surface area contributed by atoms with Gasteiger partial charge in [-0.1, -0.05) is 121 Å². The Hall–Kier alpha value is -2.62. The van der Waals surface area contributed by atoms with Crippen molar-refractivity contribution in [3.05, 3.63) is 66.0 Å². The molecule has 1 heterocycles. The maximum absolute atomic E-state index is 12.7. The van der Waals surface area contributed by atoms with E-state index in [-0.39, 0.29) is 11.9 Å². The molecule has 2 aromatic carbocycles. The third-order valence-electron chi connectivity index (χ3n) is 7.19. The first kappa shape index (κ1) is 28.0. The molecule has 0 aliphatic heterocycles. The lowest BCUT2D eigenvalue weighted by Crippen LogP contribution is -2.28. The summed E-state index contributed by atoms with van der Waals surface area (Å²) < 4.78 is 2.31. The number of fused-ring (bicyclic) bond motifs is 1. The SMILES string of the molecule is CCCCCCCCCCCCCCCCn1c(C(C)NC(=O)c2ccccc2)nc2ccccc21. The molecule has 4 heteroatoms. The van der Waals surface area contributed by atoms with Crippen molar-refractivity contribution in [1.82, 2.24) is 14.9 Å². The fourth-order valence-corrected chi connectivity index (χ4v) is 5.06. The fourth-order valence-electron chi connectivity index (χ4n) is 5.06. The van der Waals surface area contributed by atoms with Crippen LogP contribution in [0, 0.1) is 0 Å². The lowest BCUT2D eigenvalue weighted by molar-refractivity contribution is 0.0937. The van der Waals surface area contributed by atoms with Gasteiger partial charge in [-0.25, -0.2) is 4.98 Å². The fraction of sp³-hybridized carbons (Fsp3) is 0.562. The highest BCUT2D eigenvalue weighted by molar-refractivity contribution is 5.94. The molecule has 1 aromatic heterocycles. The predicted molar refractivity (Wildman–Crippen MR) is 152 cm³/mol. The van der Waals surface area contributed by atoms with Crippen LogP contribution >= 0.6 is 0 Å². The van der Waals surface area contributed by atoms with E-state index in [9.17, 15) is 4.79 Å². The minimum absolute atomic E-state index is 0.0572. The van der Waals surface area contributed by atoms with Gasteiger partial charge >= 0.3 is 0 Å². The second-order valence-corrected chi connectivity index (χ2v) is 10.3. The number of carbonyl (C=O) groups is 1. The van der Waals surface area contributed by atoms with Gasteiger partial charge in [0.2, 0.25) is 0 Å². The second kappa shape index (κ2) is 16.2. The third-order valence-corrected chi connectivity index (χ3v) is 7.19. The molecule has 0 bridgehead atoms. The molecular weight excluding hydrogens is 442 g/mol. The summed E-state index contributed by atoms with van der Waals surface area (Å²) in [7, 11) is 0. The number of amides is 1. The smallest absolute Gasteiger partial charge is 0.251 e. The minimum Gasteiger partial charge on any atom is -0.342 e. The number of carbonyl (C=O) groups excluding carboxylic acids is 1. The summed E-state index contributed by atoms with van der Waals surface area (Å²) in [4.78, 5) is 17.6. The van der Waals surface area contributed by atoms with Crippen molar-refractivity contribution in [3.8, 4) is 0 Å². The molecule has 3 aromatic rings. The molecule has 3 rings (SSSR count). The monoisotopic (exact) mass is 489 g/mol. The van der Waals surface area contributed by atoms with Crippen molar-refractivity contribution < 1.29 is 4.79 Å². The maximum Gasteiger partial charge on any atom is 0.251 e. The first-order chi connectivity index (χ1) is 17.7. The van der Waals surface area contributed by atoms with Crippen LogP contribution in [0.1, 0.15) is 126 Å². The molecule has 1 atom stereocenters. The molecule has 196 valence electrons. The number of para-hydroxylation sites is 2. The topological polar surface area (TPSA) is 46.9 Å². The first-order valence-electron chi connectivity index (χ1n) is 14.5. The highest BCUT2D eigenvalue weighted by atomic mass is 16.1. The zero-order chi connectivity index (χ0) is 25.4. The van der Waals surface area contributed by atoms with E-state index < -0.39 is 0 Å². The van der Waals surface area contributed by atoms with Crippen LogP contribution in [0.5, 0.6) is 0 Å². The number of unbranched alkanes of at least 4 members (excludes halogenated alkanes) is 13. The number of aryl methyl sites for hydroxylation is 1. The van der Waals surface area contributed by atoms with Gasteiger partial charge in [0.25, 0.3) is 5.91 Å². The van der Waals surface area contributed by atoms with Gasteiger partial charge < -0.3 is 9.88 Å². The Morgan fingerprint density at radius 3 is 1.89 bits per heavy atom. The molecule has 0 spiro atoms. The number of rotatable bonds is 18. The van der Waals surface area contributed by atoms with E-state index in [1.54, 1.807) is 0 Å². The van der Waals surface area contributed by atoms with E-state index in [0.29, 0.717) is 5.56 Å². The third kappa shape index (κ3) is 9.11. The van der Waals surface area contributed by atoms with E-state index in [1.807, 2.05) is 43.3 Å². The van der Waals surface area contributed by atoms with Gasteiger partial charge in [0, 0.05) is 12.1 Å². The quantitative estimate of drug-likeness (QED) is 0.181. The zero-order valence-corrected chi connectivity index (χ0v) is 22.7. The first-order valence-corrected chi connectivity index (χ1v) is 14.5. The molecule has 0 saturated heterocycles. The minimum atomic E-state index is -0.156. The standard InChI is InChI=1S/C32H47N3O/c1-3-4-5-6-7-8-9-10-11-12-13-14-15-21-26-35-30-25-20-19-24-29(30)34-31(35)27(2)33-32(36)28-22-17-16-18-23-28/h16-20,22-25,27H,3-15,21,26H2,1-2H3,(H,33,36). The molecule has 0 radical (unpaired) electrons. The van der Waals surface area contributed by atoms with E-state index in [0.717, 1.165) is 29.8 Å². The van der Waals surface area contributed by atoms with Gasteiger partial charge in [0.1, 0.15) is 5.82 Å². The Morgan fingerprint density at radius 1 is 0.750 bits per heavy atom. The van der Waals surface area contributed by atoms with Gasteiger partial charge in [0.05, 0.1) is 17.1 Å². The Kier molecular flexibility index (Phi) is 12.6. The number of nitrogens with zero attached hydrogens (tertiary/aromatic N) is 2. The Balaban J connectivity index is 1.39. The summed E-state index contributed by atoms with van der Waals surface area (Å²) in [5.74, 6) is 0.883. The van der Waals surface area contributed by atoms with Gasteiger partial charge in [-0.3, -0.25) is 4.79 Å². The highest BCUT2D eigenvalue weighted by Crippen LogP contribution is 2.22. The molecular formula is C32H47N3O. The van der Waals surface area contributed by atoms with Crippen molar-refractivity contribution in [2.24, 2.45) is 0 Å². The summed E-state index contributed by atoms with van der Waals surface area (Å²) in [5, 5.41) is 3.14. The lowest BCUT2D eigenvalue weighted by Gasteiger charge is -2.16. The van der Waals surface area contributed by atoms with Crippen molar-refractivity contribution >= 4 is 16.9 Å². The van der Waals surface area contributed by atoms with Crippen molar-refractivity contribution in [1.29, 1.82) is 0 Å². The van der Waals surface area contributed by atoms with Crippen LogP contribution in [0.3, 0.4) is 0 Å². The summed E-state index contributed by atoms with van der Waals surface area (Å²) in [6.07, 6.45) is 19.1. The average molecular weight is 490 g/mol. The van der Waals surface area contributed by atoms with Crippen LogP contribution in [0.4, 0.5) is 0 Å². The molecule has 1 amide bonds. The van der Waals surface area contributed by atoms with Gasteiger partial charge in [-0.05, 0) is 37.6 Å². The number of imidazole rings is 1. The molecule has 1 N–H and O–H groups in total. The van der Waals surface area contributed by atoms with E-state index in [1.165, 1.54) is 83.5 Å². The average Bonchev–Trinajstić information content (AvgIpc) is 3.28. The number of benzene rings is 2. The van der Waals surface area contributed by atoms with Crippen molar-refractivity contribution in [2.45, 2.75) is 116 Å². The Morgan fingerprint density at radius 2 is 1.28 bits per heavy atom. The summed E-state index contributed by atoms with van der Waals surface area (Å²) in [5.41, 5.74) is 2.83. The highest BCUT2D eigenvalue weighted by Gasteiger charge is 2.18. The van der Waals surface area contributed by atoms with Crippen molar-refractivity contribution in [3.63, 3.8) is 0 Å². The molecule has 0 fully saturated rings. The Bertz CT molecular complexity index is 1010. The molecule has 0 aliphatic rings. The van der Waals surface area contributed by atoms with Crippen LogP contribution < -0.4 is 5.32 Å². The number of hydrogen-bond acceptors (Lipinski definition) is 2. The van der Waals surface area contributed by atoms with Crippen LogP contribution in [-0.2, 0) is 6.54 Å². The maximum atomic E-state index is 12.7. The molecule has 36 heavy (non-hydrogen) atoms. The molecule has 0 saturated carbocycles. The largest absolute Gasteiger partial charge is 0.342 e. The number of aromatic nitrogens is 2. The summed E-state index contributed by atoms with van der Waals surface area (Å²) in [6.45, 7) is 5.26. The van der Waals surface area contributed by atoms with E-state index in [4.69, 9.17) is 4.98 Å². The van der Waals surface area contributed by atoms with Crippen LogP contribution in [0.25, 0.3) is 11.0 Å². The van der Waals surface area contributed by atoms with Crippen LogP contribution in [-0.4, -0.2) is 15.5 Å². The number of hydrogen-bond donors (Lipinski definition) is 1. The predicted octanol–water partition coefficient (Wildman–Crippen LogP) is 9.01. The molecule has 4 nitrogen and oxygen atoms in total.